The van der Waals surface area contributed by atoms with Gasteiger partial charge in [0.2, 0.25) is 5.91 Å². The third-order valence-corrected chi connectivity index (χ3v) is 3.00. The molecule has 1 saturated heterocycles. The van der Waals surface area contributed by atoms with Crippen LogP contribution in [0.4, 0.5) is 0 Å². The summed E-state index contributed by atoms with van der Waals surface area (Å²) in [7, 11) is 0. The van der Waals surface area contributed by atoms with E-state index in [-0.39, 0.29) is 24.0 Å². The van der Waals surface area contributed by atoms with Crippen LogP contribution < -0.4 is 5.32 Å². The number of rotatable bonds is 3. The van der Waals surface area contributed by atoms with Crippen LogP contribution in [0.1, 0.15) is 40.0 Å². The fourth-order valence-electron chi connectivity index (χ4n) is 2.11. The number of carbonyl (C=O) groups is 1. The van der Waals surface area contributed by atoms with Crippen LogP contribution in [0.2, 0.25) is 0 Å². The molecule has 1 amide bonds. The van der Waals surface area contributed by atoms with E-state index in [9.17, 15) is 4.79 Å². The average Bonchev–Trinajstić information content (AvgIpc) is 2.27. The normalized spacial score (nSPS) is 23.8. The minimum atomic E-state index is -0.202. The second kappa shape index (κ2) is 5.86. The molecule has 1 fully saturated rings. The number of hydrogen-bond donors (Lipinski definition) is 1. The second-order valence-electron chi connectivity index (χ2n) is 4.72. The van der Waals surface area contributed by atoms with Crippen LogP contribution in [0.15, 0.2) is 0 Å². The topological polar surface area (TPSA) is 56.1 Å². The first-order valence-electron chi connectivity index (χ1n) is 6.02. The van der Waals surface area contributed by atoms with Gasteiger partial charge >= 0.3 is 0 Å². The molecule has 2 atom stereocenters. The van der Waals surface area contributed by atoms with Crippen molar-refractivity contribution in [2.24, 2.45) is 0 Å². The first kappa shape index (κ1) is 13.0. The fourth-order valence-corrected chi connectivity index (χ4v) is 2.11. The van der Waals surface area contributed by atoms with Crippen molar-refractivity contribution < 1.29 is 4.79 Å². The number of nitriles is 1. The standard InChI is InChI=1S/C12H21N3O/c1-9(2)14-12(16)10(3)15-7-5-4-6-11(15)8-13/h9-11H,4-7H2,1-3H3,(H,14,16). The van der Waals surface area contributed by atoms with Crippen molar-refractivity contribution in [2.45, 2.75) is 58.2 Å². The lowest BCUT2D eigenvalue weighted by Gasteiger charge is -2.35. The minimum Gasteiger partial charge on any atom is -0.353 e. The number of carbonyl (C=O) groups excluding carboxylic acids is 1. The zero-order valence-electron chi connectivity index (χ0n) is 10.4. The molecule has 0 saturated carbocycles. The van der Waals surface area contributed by atoms with E-state index in [1.165, 1.54) is 0 Å². The molecule has 2 unspecified atom stereocenters. The van der Waals surface area contributed by atoms with Crippen LogP contribution in [-0.2, 0) is 4.79 Å². The summed E-state index contributed by atoms with van der Waals surface area (Å²) in [5.41, 5.74) is 0. The van der Waals surface area contributed by atoms with Gasteiger partial charge in [0, 0.05) is 12.6 Å². The molecular formula is C12H21N3O. The third-order valence-electron chi connectivity index (χ3n) is 3.00. The van der Waals surface area contributed by atoms with Crippen molar-refractivity contribution in [2.75, 3.05) is 6.54 Å². The van der Waals surface area contributed by atoms with E-state index in [2.05, 4.69) is 11.4 Å². The Hall–Kier alpha value is -1.08. The number of piperidine rings is 1. The first-order chi connectivity index (χ1) is 7.56. The van der Waals surface area contributed by atoms with Gasteiger partial charge in [-0.3, -0.25) is 9.69 Å². The summed E-state index contributed by atoms with van der Waals surface area (Å²) in [5.74, 6) is 0.0251. The lowest BCUT2D eigenvalue weighted by molar-refractivity contribution is -0.127. The maximum Gasteiger partial charge on any atom is 0.237 e. The molecule has 0 aromatic carbocycles. The Morgan fingerprint density at radius 3 is 2.69 bits per heavy atom. The maximum atomic E-state index is 11.9. The van der Waals surface area contributed by atoms with Gasteiger partial charge in [-0.15, -0.1) is 0 Å². The highest BCUT2D eigenvalue weighted by Gasteiger charge is 2.30. The molecule has 0 radical (unpaired) electrons. The molecule has 16 heavy (non-hydrogen) atoms. The van der Waals surface area contributed by atoms with Crippen LogP contribution in [0, 0.1) is 11.3 Å². The fraction of sp³-hybridized carbons (Fsp3) is 0.833. The van der Waals surface area contributed by atoms with E-state index in [4.69, 9.17) is 5.26 Å². The number of hydrogen-bond acceptors (Lipinski definition) is 3. The van der Waals surface area contributed by atoms with Gasteiger partial charge < -0.3 is 5.32 Å². The quantitative estimate of drug-likeness (QED) is 0.784. The zero-order chi connectivity index (χ0) is 12.1. The highest BCUT2D eigenvalue weighted by atomic mass is 16.2. The SMILES string of the molecule is CC(C)NC(=O)C(C)N1CCCCC1C#N. The monoisotopic (exact) mass is 223 g/mol. The van der Waals surface area contributed by atoms with Crippen LogP contribution in [0.5, 0.6) is 0 Å². The molecule has 4 heteroatoms. The van der Waals surface area contributed by atoms with Gasteiger partial charge in [-0.25, -0.2) is 0 Å². The Balaban J connectivity index is 2.60. The molecule has 1 N–H and O–H groups in total. The van der Waals surface area contributed by atoms with Crippen LogP contribution >= 0.6 is 0 Å². The smallest absolute Gasteiger partial charge is 0.237 e. The summed E-state index contributed by atoms with van der Waals surface area (Å²) in [6, 6.07) is 2.14. The summed E-state index contributed by atoms with van der Waals surface area (Å²) in [4.78, 5) is 13.9. The Morgan fingerprint density at radius 2 is 2.12 bits per heavy atom. The second-order valence-corrected chi connectivity index (χ2v) is 4.72. The van der Waals surface area contributed by atoms with Crippen molar-refractivity contribution >= 4 is 5.91 Å². The number of likely N-dealkylation sites (tertiary alicyclic amines) is 1. The number of nitrogens with zero attached hydrogens (tertiary/aromatic N) is 2. The molecule has 0 bridgehead atoms. The molecule has 0 spiro atoms. The van der Waals surface area contributed by atoms with Crippen molar-refractivity contribution in [3.05, 3.63) is 0 Å². The molecule has 0 aliphatic carbocycles. The summed E-state index contributed by atoms with van der Waals surface area (Å²) >= 11 is 0. The molecule has 1 aliphatic rings. The predicted molar refractivity (Wildman–Crippen MR) is 62.7 cm³/mol. The number of nitrogens with one attached hydrogen (secondary N) is 1. The Morgan fingerprint density at radius 1 is 1.44 bits per heavy atom. The first-order valence-corrected chi connectivity index (χ1v) is 6.02. The summed E-state index contributed by atoms with van der Waals surface area (Å²) in [6.07, 6.45) is 3.06. The van der Waals surface area contributed by atoms with Gasteiger partial charge in [0.1, 0.15) is 0 Å². The van der Waals surface area contributed by atoms with Gasteiger partial charge in [0.05, 0.1) is 18.2 Å². The Bertz CT molecular complexity index is 282. The maximum absolute atomic E-state index is 11.9. The van der Waals surface area contributed by atoms with E-state index < -0.39 is 0 Å². The van der Waals surface area contributed by atoms with Gasteiger partial charge in [-0.2, -0.15) is 5.26 Å². The Labute approximate surface area is 97.6 Å². The molecular weight excluding hydrogens is 202 g/mol. The van der Waals surface area contributed by atoms with E-state index in [1.807, 2.05) is 25.7 Å². The Kier molecular flexibility index (Phi) is 4.75. The molecule has 1 rings (SSSR count). The summed E-state index contributed by atoms with van der Waals surface area (Å²) in [6.45, 7) is 6.63. The number of amides is 1. The van der Waals surface area contributed by atoms with Crippen LogP contribution in [0.3, 0.4) is 0 Å². The van der Waals surface area contributed by atoms with Crippen molar-refractivity contribution in [3.8, 4) is 6.07 Å². The van der Waals surface area contributed by atoms with Gasteiger partial charge in [0.15, 0.2) is 0 Å². The lowest BCUT2D eigenvalue weighted by Crippen LogP contribution is -2.52. The highest BCUT2D eigenvalue weighted by molar-refractivity contribution is 5.81. The van der Waals surface area contributed by atoms with E-state index in [0.29, 0.717) is 0 Å². The van der Waals surface area contributed by atoms with Gasteiger partial charge in [-0.05, 0) is 40.0 Å². The molecule has 90 valence electrons. The van der Waals surface area contributed by atoms with E-state index in [0.717, 1.165) is 25.8 Å². The van der Waals surface area contributed by atoms with E-state index in [1.54, 1.807) is 0 Å². The molecule has 0 aromatic heterocycles. The lowest BCUT2D eigenvalue weighted by atomic mass is 10.0. The van der Waals surface area contributed by atoms with Crippen molar-refractivity contribution in [3.63, 3.8) is 0 Å². The largest absolute Gasteiger partial charge is 0.353 e. The highest BCUT2D eigenvalue weighted by Crippen LogP contribution is 2.19. The minimum absolute atomic E-state index is 0.0251. The van der Waals surface area contributed by atoms with Crippen LogP contribution in [0.25, 0.3) is 0 Å². The molecule has 1 heterocycles. The molecule has 1 aliphatic heterocycles. The van der Waals surface area contributed by atoms with Gasteiger partial charge in [-0.1, -0.05) is 0 Å². The molecule has 4 nitrogen and oxygen atoms in total. The van der Waals surface area contributed by atoms with E-state index >= 15 is 0 Å². The third kappa shape index (κ3) is 3.21. The van der Waals surface area contributed by atoms with Crippen LogP contribution in [-0.4, -0.2) is 35.5 Å². The predicted octanol–water partition coefficient (Wildman–Crippen LogP) is 1.28. The molecule has 0 aromatic rings. The van der Waals surface area contributed by atoms with Crippen molar-refractivity contribution in [1.82, 2.24) is 10.2 Å². The van der Waals surface area contributed by atoms with Gasteiger partial charge in [0.25, 0.3) is 0 Å². The van der Waals surface area contributed by atoms with Crippen molar-refractivity contribution in [1.29, 1.82) is 5.26 Å². The zero-order valence-corrected chi connectivity index (χ0v) is 10.4. The summed E-state index contributed by atoms with van der Waals surface area (Å²) in [5, 5.41) is 11.9. The average molecular weight is 223 g/mol. The summed E-state index contributed by atoms with van der Waals surface area (Å²) < 4.78 is 0.